The van der Waals surface area contributed by atoms with Crippen molar-refractivity contribution in [3.8, 4) is 0 Å². The molecule has 0 aromatic carbocycles. The first kappa shape index (κ1) is 19.4. The maximum atomic E-state index is 11.6. The second kappa shape index (κ2) is 14.8. The summed E-state index contributed by atoms with van der Waals surface area (Å²) in [5.41, 5.74) is 0. The molecule has 1 amide bonds. The first-order valence-electron chi connectivity index (χ1n) is 8.64. The summed E-state index contributed by atoms with van der Waals surface area (Å²) in [6.07, 6.45) is 10.4. The highest BCUT2D eigenvalue weighted by molar-refractivity contribution is 5.75. The minimum absolute atomic E-state index is 0.237. The molecule has 20 heavy (non-hydrogen) atoms. The van der Waals surface area contributed by atoms with Crippen molar-refractivity contribution in [3.63, 3.8) is 0 Å². The SMILES string of the molecule is CCNCCCCCCCCC(=O)NCCCC(C)C. The number of hydrogen-bond acceptors (Lipinski definition) is 2. The molecule has 0 atom stereocenters. The van der Waals surface area contributed by atoms with E-state index >= 15 is 0 Å². The van der Waals surface area contributed by atoms with Crippen LogP contribution in [0.15, 0.2) is 0 Å². The highest BCUT2D eigenvalue weighted by atomic mass is 16.1. The van der Waals surface area contributed by atoms with E-state index in [1.807, 2.05) is 0 Å². The van der Waals surface area contributed by atoms with Gasteiger partial charge in [-0.2, -0.15) is 0 Å². The van der Waals surface area contributed by atoms with Gasteiger partial charge >= 0.3 is 0 Å². The predicted molar refractivity (Wildman–Crippen MR) is 87.9 cm³/mol. The molecule has 0 aliphatic heterocycles. The van der Waals surface area contributed by atoms with Crippen molar-refractivity contribution < 1.29 is 4.79 Å². The van der Waals surface area contributed by atoms with Crippen molar-refractivity contribution in [2.45, 2.75) is 78.6 Å². The molecule has 3 nitrogen and oxygen atoms in total. The van der Waals surface area contributed by atoms with E-state index in [0.29, 0.717) is 6.42 Å². The largest absolute Gasteiger partial charge is 0.356 e. The molecule has 120 valence electrons. The summed E-state index contributed by atoms with van der Waals surface area (Å²) < 4.78 is 0. The minimum atomic E-state index is 0.237. The number of amides is 1. The van der Waals surface area contributed by atoms with Crippen LogP contribution < -0.4 is 10.6 Å². The molecule has 2 N–H and O–H groups in total. The van der Waals surface area contributed by atoms with E-state index in [0.717, 1.165) is 38.4 Å². The number of unbranched alkanes of at least 4 members (excludes halogenated alkanes) is 5. The first-order chi connectivity index (χ1) is 9.66. The highest BCUT2D eigenvalue weighted by Gasteiger charge is 2.01. The van der Waals surface area contributed by atoms with Crippen LogP contribution >= 0.6 is 0 Å². The van der Waals surface area contributed by atoms with Crippen LogP contribution in [0.5, 0.6) is 0 Å². The zero-order valence-corrected chi connectivity index (χ0v) is 14.0. The Bertz CT molecular complexity index is 217. The van der Waals surface area contributed by atoms with E-state index in [1.54, 1.807) is 0 Å². The van der Waals surface area contributed by atoms with Gasteiger partial charge in [0.05, 0.1) is 0 Å². The van der Waals surface area contributed by atoms with Crippen molar-refractivity contribution in [2.24, 2.45) is 5.92 Å². The monoisotopic (exact) mass is 284 g/mol. The Morgan fingerprint density at radius 1 is 0.900 bits per heavy atom. The fourth-order valence-electron chi connectivity index (χ4n) is 2.25. The Hall–Kier alpha value is -0.570. The third-order valence-electron chi connectivity index (χ3n) is 3.54. The zero-order chi connectivity index (χ0) is 15.1. The second-order valence-electron chi connectivity index (χ2n) is 6.11. The Morgan fingerprint density at radius 2 is 1.55 bits per heavy atom. The van der Waals surface area contributed by atoms with E-state index < -0.39 is 0 Å². The Morgan fingerprint density at radius 3 is 2.20 bits per heavy atom. The maximum absolute atomic E-state index is 11.6. The normalized spacial score (nSPS) is 11.0. The van der Waals surface area contributed by atoms with Crippen LogP contribution in [0.25, 0.3) is 0 Å². The molecule has 0 aromatic heterocycles. The third-order valence-corrected chi connectivity index (χ3v) is 3.54. The third kappa shape index (κ3) is 15.5. The van der Waals surface area contributed by atoms with Crippen LogP contribution in [0, 0.1) is 5.92 Å². The summed E-state index contributed by atoms with van der Waals surface area (Å²) in [6.45, 7) is 9.66. The van der Waals surface area contributed by atoms with Crippen LogP contribution in [0.3, 0.4) is 0 Å². The molecule has 0 fully saturated rings. The molecular weight excluding hydrogens is 248 g/mol. The zero-order valence-electron chi connectivity index (χ0n) is 14.0. The fourth-order valence-corrected chi connectivity index (χ4v) is 2.25. The van der Waals surface area contributed by atoms with Crippen LogP contribution in [0.2, 0.25) is 0 Å². The number of carbonyl (C=O) groups excluding carboxylic acids is 1. The average molecular weight is 284 g/mol. The van der Waals surface area contributed by atoms with E-state index in [-0.39, 0.29) is 5.91 Å². The predicted octanol–water partition coefficient (Wildman–Crippen LogP) is 3.88. The van der Waals surface area contributed by atoms with Gasteiger partial charge in [-0.05, 0) is 44.7 Å². The molecule has 0 aromatic rings. The van der Waals surface area contributed by atoms with E-state index in [9.17, 15) is 4.79 Å². The molecule has 0 heterocycles. The number of rotatable bonds is 14. The molecule has 0 unspecified atom stereocenters. The van der Waals surface area contributed by atoms with Crippen molar-refractivity contribution in [1.29, 1.82) is 0 Å². The Labute approximate surface area is 126 Å². The summed E-state index contributed by atoms with van der Waals surface area (Å²) >= 11 is 0. The van der Waals surface area contributed by atoms with Crippen LogP contribution in [-0.2, 0) is 4.79 Å². The van der Waals surface area contributed by atoms with Crippen molar-refractivity contribution in [2.75, 3.05) is 19.6 Å². The van der Waals surface area contributed by atoms with Crippen molar-refractivity contribution in [1.82, 2.24) is 10.6 Å². The summed E-state index contributed by atoms with van der Waals surface area (Å²) in [6, 6.07) is 0. The molecular formula is C17H36N2O. The van der Waals surface area contributed by atoms with Gasteiger partial charge in [0.2, 0.25) is 5.91 Å². The van der Waals surface area contributed by atoms with Gasteiger partial charge in [-0.1, -0.05) is 46.5 Å². The molecule has 0 saturated carbocycles. The van der Waals surface area contributed by atoms with Crippen LogP contribution in [-0.4, -0.2) is 25.5 Å². The number of hydrogen-bond donors (Lipinski definition) is 2. The van der Waals surface area contributed by atoms with Gasteiger partial charge in [0.25, 0.3) is 0 Å². The van der Waals surface area contributed by atoms with E-state index in [1.165, 1.54) is 38.5 Å². The molecule has 0 aliphatic carbocycles. The minimum Gasteiger partial charge on any atom is -0.356 e. The quantitative estimate of drug-likeness (QED) is 0.475. The highest BCUT2D eigenvalue weighted by Crippen LogP contribution is 2.07. The van der Waals surface area contributed by atoms with E-state index in [2.05, 4.69) is 31.4 Å². The van der Waals surface area contributed by atoms with Gasteiger partial charge in [0, 0.05) is 13.0 Å². The van der Waals surface area contributed by atoms with Gasteiger partial charge in [-0.15, -0.1) is 0 Å². The average Bonchev–Trinajstić information content (AvgIpc) is 2.41. The molecule has 0 radical (unpaired) electrons. The van der Waals surface area contributed by atoms with Gasteiger partial charge in [-0.3, -0.25) is 4.79 Å². The van der Waals surface area contributed by atoms with Crippen molar-refractivity contribution >= 4 is 5.91 Å². The fraction of sp³-hybridized carbons (Fsp3) is 0.941. The molecule has 0 saturated heterocycles. The van der Waals surface area contributed by atoms with Gasteiger partial charge in [-0.25, -0.2) is 0 Å². The van der Waals surface area contributed by atoms with Gasteiger partial charge < -0.3 is 10.6 Å². The summed E-state index contributed by atoms with van der Waals surface area (Å²) in [4.78, 5) is 11.6. The molecule has 0 bridgehead atoms. The van der Waals surface area contributed by atoms with Gasteiger partial charge in [0.1, 0.15) is 0 Å². The maximum Gasteiger partial charge on any atom is 0.219 e. The smallest absolute Gasteiger partial charge is 0.219 e. The van der Waals surface area contributed by atoms with Gasteiger partial charge in [0.15, 0.2) is 0 Å². The lowest BCUT2D eigenvalue weighted by Gasteiger charge is -2.07. The topological polar surface area (TPSA) is 41.1 Å². The Balaban J connectivity index is 3.15. The van der Waals surface area contributed by atoms with Crippen LogP contribution in [0.4, 0.5) is 0 Å². The molecule has 3 heteroatoms. The molecule has 0 rings (SSSR count). The first-order valence-corrected chi connectivity index (χ1v) is 8.64. The summed E-state index contributed by atoms with van der Waals surface area (Å²) in [5.74, 6) is 0.973. The standard InChI is InChI=1S/C17H36N2O/c1-4-18-14-10-8-6-5-7-9-13-17(20)19-15-11-12-16(2)3/h16,18H,4-15H2,1-3H3,(H,19,20). The second-order valence-corrected chi connectivity index (χ2v) is 6.11. The van der Waals surface area contributed by atoms with Crippen molar-refractivity contribution in [3.05, 3.63) is 0 Å². The lowest BCUT2D eigenvalue weighted by molar-refractivity contribution is -0.121. The number of nitrogens with one attached hydrogen (secondary N) is 2. The van der Waals surface area contributed by atoms with E-state index in [4.69, 9.17) is 0 Å². The van der Waals surface area contributed by atoms with Crippen LogP contribution in [0.1, 0.15) is 78.6 Å². The summed E-state index contributed by atoms with van der Waals surface area (Å²) in [5, 5.41) is 6.36. The lowest BCUT2D eigenvalue weighted by Crippen LogP contribution is -2.24. The lowest BCUT2D eigenvalue weighted by atomic mass is 10.1. The Kier molecular flexibility index (Phi) is 14.4. The molecule has 0 spiro atoms. The summed E-state index contributed by atoms with van der Waals surface area (Å²) in [7, 11) is 0. The molecule has 0 aliphatic rings. The number of carbonyl (C=O) groups is 1.